The molecule has 0 aliphatic carbocycles. The van der Waals surface area contributed by atoms with Crippen molar-refractivity contribution in [1.29, 1.82) is 0 Å². The van der Waals surface area contributed by atoms with Gasteiger partial charge >= 0.3 is 0 Å². The first kappa shape index (κ1) is 13.3. The van der Waals surface area contributed by atoms with Crippen LogP contribution in [0.1, 0.15) is 0 Å². The zero-order valence-electron chi connectivity index (χ0n) is 9.11. The maximum atomic E-state index is 5.03. The highest BCUT2D eigenvalue weighted by Gasteiger charge is 2.09. The summed E-state index contributed by atoms with van der Waals surface area (Å²) in [5.41, 5.74) is 1.72. The van der Waals surface area contributed by atoms with Gasteiger partial charge in [0.25, 0.3) is 0 Å². The molecule has 0 amide bonds. The number of thiol groups is 3. The van der Waals surface area contributed by atoms with Gasteiger partial charge in [0.05, 0.1) is 0 Å². The summed E-state index contributed by atoms with van der Waals surface area (Å²) < 4.78 is 14.8. The van der Waals surface area contributed by atoms with Crippen LogP contribution in [0.3, 0.4) is 0 Å². The van der Waals surface area contributed by atoms with E-state index in [1.54, 1.807) is 24.3 Å². The highest BCUT2D eigenvalue weighted by Crippen LogP contribution is 2.35. The van der Waals surface area contributed by atoms with Crippen LogP contribution in [0.2, 0.25) is 0 Å². The summed E-state index contributed by atoms with van der Waals surface area (Å²) in [6.45, 7) is 0. The third-order valence-corrected chi connectivity index (χ3v) is 3.02. The van der Waals surface area contributed by atoms with Gasteiger partial charge in [-0.3, -0.25) is 0 Å². The van der Waals surface area contributed by atoms with E-state index in [0.717, 1.165) is 11.1 Å². The monoisotopic (exact) mass is 298 g/mol. The third kappa shape index (κ3) is 2.82. The second-order valence-corrected chi connectivity index (χ2v) is 4.01. The molecular formula is C12H10O3S3. The normalized spacial score (nSPS) is 9.94. The predicted octanol–water partition coefficient (Wildman–Crippen LogP) is 4.02. The Kier molecular flexibility index (Phi) is 4.57. The van der Waals surface area contributed by atoms with Crippen LogP contribution in [0.25, 0.3) is 11.1 Å². The first-order valence-corrected chi connectivity index (χ1v) is 6.06. The first-order valence-electron chi connectivity index (χ1n) is 4.97. The van der Waals surface area contributed by atoms with Crippen molar-refractivity contribution >= 4 is 38.7 Å². The Morgan fingerprint density at radius 2 is 1.44 bits per heavy atom. The molecule has 0 N–H and O–H groups in total. The fourth-order valence-corrected chi connectivity index (χ4v) is 1.98. The fourth-order valence-electron chi connectivity index (χ4n) is 1.59. The Bertz CT molecular complexity index is 546. The maximum Gasteiger partial charge on any atom is 0.145 e. The molecule has 94 valence electrons. The number of hydrogen-bond donors (Lipinski definition) is 3. The van der Waals surface area contributed by atoms with Crippen LogP contribution in [0, 0.1) is 0 Å². The van der Waals surface area contributed by atoms with Crippen molar-refractivity contribution < 1.29 is 12.5 Å². The van der Waals surface area contributed by atoms with E-state index in [0.29, 0.717) is 17.2 Å². The molecule has 0 unspecified atom stereocenters. The van der Waals surface area contributed by atoms with Gasteiger partial charge in [0.1, 0.15) is 17.2 Å². The maximum absolute atomic E-state index is 5.03. The lowest BCUT2D eigenvalue weighted by Crippen LogP contribution is -1.86. The largest absolute Gasteiger partial charge is 0.429 e. The van der Waals surface area contributed by atoms with E-state index in [9.17, 15) is 0 Å². The van der Waals surface area contributed by atoms with Crippen LogP contribution in [0.5, 0.6) is 17.2 Å². The van der Waals surface area contributed by atoms with E-state index in [1.807, 2.05) is 18.2 Å². The van der Waals surface area contributed by atoms with Crippen molar-refractivity contribution in [3.63, 3.8) is 0 Å². The SMILES string of the molecule is SOc1cccc(-c2cc(OS)ccc2OS)c1. The predicted molar refractivity (Wildman–Crippen MR) is 80.7 cm³/mol. The van der Waals surface area contributed by atoms with Crippen molar-refractivity contribution in [3.05, 3.63) is 42.5 Å². The zero-order chi connectivity index (χ0) is 13.0. The van der Waals surface area contributed by atoms with E-state index >= 15 is 0 Å². The van der Waals surface area contributed by atoms with Crippen LogP contribution >= 0.6 is 38.7 Å². The molecule has 0 aliphatic heterocycles. The highest BCUT2D eigenvalue weighted by atomic mass is 32.1. The average molecular weight is 298 g/mol. The van der Waals surface area contributed by atoms with Gasteiger partial charge in [0.2, 0.25) is 0 Å². The summed E-state index contributed by atoms with van der Waals surface area (Å²) >= 11 is 11.4. The molecule has 0 atom stereocenters. The van der Waals surface area contributed by atoms with Gasteiger partial charge < -0.3 is 12.5 Å². The van der Waals surface area contributed by atoms with Gasteiger partial charge in [0, 0.05) is 44.3 Å². The minimum atomic E-state index is 0.611. The van der Waals surface area contributed by atoms with Crippen LogP contribution in [-0.4, -0.2) is 0 Å². The van der Waals surface area contributed by atoms with E-state index < -0.39 is 0 Å². The lowest BCUT2D eigenvalue weighted by atomic mass is 10.0. The first-order chi connectivity index (χ1) is 8.78. The Balaban J connectivity index is 2.53. The zero-order valence-corrected chi connectivity index (χ0v) is 11.8. The summed E-state index contributed by atoms with van der Waals surface area (Å²) in [5.74, 6) is 1.86. The summed E-state index contributed by atoms with van der Waals surface area (Å²) in [6, 6.07) is 12.7. The molecule has 0 aromatic heterocycles. The molecule has 0 saturated heterocycles. The number of benzene rings is 2. The molecule has 2 aromatic rings. The van der Waals surface area contributed by atoms with Crippen molar-refractivity contribution in [1.82, 2.24) is 0 Å². The molecule has 0 bridgehead atoms. The van der Waals surface area contributed by atoms with E-state index in [4.69, 9.17) is 12.5 Å². The van der Waals surface area contributed by atoms with Crippen LogP contribution in [0.15, 0.2) is 42.5 Å². The quantitative estimate of drug-likeness (QED) is 0.588. The molecule has 0 heterocycles. The Morgan fingerprint density at radius 1 is 0.722 bits per heavy atom. The molecule has 0 saturated carbocycles. The van der Waals surface area contributed by atoms with Crippen LogP contribution in [0.4, 0.5) is 0 Å². The molecule has 2 aromatic carbocycles. The molecule has 0 aliphatic rings. The van der Waals surface area contributed by atoms with Gasteiger partial charge in [-0.25, -0.2) is 0 Å². The molecule has 3 nitrogen and oxygen atoms in total. The lowest BCUT2D eigenvalue weighted by Gasteiger charge is -2.10. The molecule has 2 rings (SSSR count). The van der Waals surface area contributed by atoms with Gasteiger partial charge in [-0.05, 0) is 35.9 Å². The standard InChI is InChI=1S/C12H10O3S3/c16-13-9-3-1-2-8(6-9)11-7-10(14-17)4-5-12(11)15-18/h1-7,16-18H. The molecular weight excluding hydrogens is 288 g/mol. The number of hydrogen-bond acceptors (Lipinski definition) is 6. The summed E-state index contributed by atoms with van der Waals surface area (Å²) in [4.78, 5) is 0. The van der Waals surface area contributed by atoms with E-state index in [1.165, 1.54) is 0 Å². The summed E-state index contributed by atoms with van der Waals surface area (Å²) in [6.07, 6.45) is 0. The van der Waals surface area contributed by atoms with Crippen molar-refractivity contribution in [2.75, 3.05) is 0 Å². The molecule has 0 radical (unpaired) electrons. The molecule has 0 fully saturated rings. The minimum Gasteiger partial charge on any atom is -0.429 e. The second-order valence-electron chi connectivity index (χ2n) is 3.46. The fraction of sp³-hybridized carbons (Fsp3) is 0. The van der Waals surface area contributed by atoms with Gasteiger partial charge in [-0.2, -0.15) is 0 Å². The van der Waals surface area contributed by atoms with Gasteiger partial charge in [0.15, 0.2) is 0 Å². The van der Waals surface area contributed by atoms with Crippen molar-refractivity contribution in [3.8, 4) is 28.4 Å². The lowest BCUT2D eigenvalue weighted by molar-refractivity contribution is 0.641. The molecule has 0 spiro atoms. The second kappa shape index (κ2) is 6.17. The molecule has 6 heteroatoms. The smallest absolute Gasteiger partial charge is 0.145 e. The highest BCUT2D eigenvalue weighted by molar-refractivity contribution is 7.75. The average Bonchev–Trinajstić information content (AvgIpc) is 2.46. The van der Waals surface area contributed by atoms with Crippen LogP contribution < -0.4 is 12.5 Å². The van der Waals surface area contributed by atoms with E-state index in [2.05, 4.69) is 38.7 Å². The van der Waals surface area contributed by atoms with Gasteiger partial charge in [-0.1, -0.05) is 12.1 Å². The Hall–Kier alpha value is -1.11. The summed E-state index contributed by atoms with van der Waals surface area (Å²) in [7, 11) is 0. The molecule has 18 heavy (non-hydrogen) atoms. The Morgan fingerprint density at radius 3 is 2.11 bits per heavy atom. The van der Waals surface area contributed by atoms with Crippen LogP contribution in [-0.2, 0) is 0 Å². The minimum absolute atomic E-state index is 0.611. The van der Waals surface area contributed by atoms with Gasteiger partial charge in [-0.15, -0.1) is 0 Å². The topological polar surface area (TPSA) is 27.7 Å². The van der Waals surface area contributed by atoms with E-state index in [-0.39, 0.29) is 0 Å². The third-order valence-electron chi connectivity index (χ3n) is 2.41. The van der Waals surface area contributed by atoms with Crippen molar-refractivity contribution in [2.24, 2.45) is 0 Å². The summed E-state index contributed by atoms with van der Waals surface area (Å²) in [5, 5.41) is 0. The Labute approximate surface area is 122 Å². The number of rotatable bonds is 4. The van der Waals surface area contributed by atoms with Crippen molar-refractivity contribution in [2.45, 2.75) is 0 Å².